The Labute approximate surface area is 104 Å². The Hall–Kier alpha value is -0.770. The molecule has 1 N–H and O–H groups in total. The summed E-state index contributed by atoms with van der Waals surface area (Å²) in [6.07, 6.45) is 2.86. The van der Waals surface area contributed by atoms with Gasteiger partial charge in [-0.15, -0.1) is 0 Å². The van der Waals surface area contributed by atoms with Gasteiger partial charge < -0.3 is 14.7 Å². The molecule has 1 aliphatic heterocycles. The normalized spacial score (nSPS) is 23.4. The minimum atomic E-state index is -0.476. The fraction of sp³-hybridized carbons (Fsp3) is 0.923. The van der Waals surface area contributed by atoms with Crippen molar-refractivity contribution in [3.63, 3.8) is 0 Å². The molecular weight excluding hydrogens is 218 g/mol. The van der Waals surface area contributed by atoms with Crippen LogP contribution in [-0.4, -0.2) is 40.4 Å². The number of nitrogens with zero attached hydrogens (tertiary/aromatic N) is 1. The Morgan fingerprint density at radius 2 is 2.12 bits per heavy atom. The Kier molecular flexibility index (Phi) is 4.80. The molecule has 1 aliphatic rings. The van der Waals surface area contributed by atoms with E-state index in [1.807, 2.05) is 27.7 Å². The van der Waals surface area contributed by atoms with E-state index >= 15 is 0 Å². The van der Waals surface area contributed by atoms with E-state index in [1.54, 1.807) is 4.90 Å². The van der Waals surface area contributed by atoms with E-state index in [2.05, 4.69) is 0 Å². The van der Waals surface area contributed by atoms with Gasteiger partial charge in [0.2, 0.25) is 0 Å². The summed E-state index contributed by atoms with van der Waals surface area (Å²) >= 11 is 0. The molecule has 0 aromatic carbocycles. The molecule has 1 saturated heterocycles. The van der Waals surface area contributed by atoms with Crippen LogP contribution in [0.1, 0.15) is 53.4 Å². The van der Waals surface area contributed by atoms with E-state index in [4.69, 9.17) is 4.74 Å². The standard InChI is InChI=1S/C13H25NO3/c1-5-11(15)10-8-6-7-9-14(10)12(16)17-13(2,3)4/h10-11,15H,5-9H2,1-4H3. The van der Waals surface area contributed by atoms with Crippen LogP contribution in [0.15, 0.2) is 0 Å². The summed E-state index contributed by atoms with van der Waals surface area (Å²) in [4.78, 5) is 13.7. The van der Waals surface area contributed by atoms with Gasteiger partial charge in [0.05, 0.1) is 12.1 Å². The van der Waals surface area contributed by atoms with Crippen molar-refractivity contribution in [1.29, 1.82) is 0 Å². The van der Waals surface area contributed by atoms with Gasteiger partial charge in [-0.1, -0.05) is 6.92 Å². The lowest BCUT2D eigenvalue weighted by Gasteiger charge is -2.38. The molecule has 0 radical (unpaired) electrons. The second kappa shape index (κ2) is 5.71. The van der Waals surface area contributed by atoms with E-state index < -0.39 is 11.7 Å². The van der Waals surface area contributed by atoms with Crippen molar-refractivity contribution in [3.05, 3.63) is 0 Å². The van der Waals surface area contributed by atoms with Crippen LogP contribution in [0.25, 0.3) is 0 Å². The summed E-state index contributed by atoms with van der Waals surface area (Å²) in [7, 11) is 0. The van der Waals surface area contributed by atoms with Crippen molar-refractivity contribution in [3.8, 4) is 0 Å². The second-order valence-electron chi connectivity index (χ2n) is 5.71. The molecule has 0 spiro atoms. The Balaban J connectivity index is 2.67. The lowest BCUT2D eigenvalue weighted by molar-refractivity contribution is -0.0169. The topological polar surface area (TPSA) is 49.8 Å². The van der Waals surface area contributed by atoms with E-state index in [0.29, 0.717) is 13.0 Å². The van der Waals surface area contributed by atoms with Gasteiger partial charge in [-0.2, -0.15) is 0 Å². The predicted octanol–water partition coefficient (Wildman–Crippen LogP) is 2.55. The van der Waals surface area contributed by atoms with Crippen LogP contribution in [0.3, 0.4) is 0 Å². The van der Waals surface area contributed by atoms with Crippen LogP contribution in [-0.2, 0) is 4.74 Å². The fourth-order valence-corrected chi connectivity index (χ4v) is 2.18. The third-order valence-electron chi connectivity index (χ3n) is 3.04. The molecule has 4 heteroatoms. The van der Waals surface area contributed by atoms with Crippen molar-refractivity contribution in [2.24, 2.45) is 0 Å². The number of amides is 1. The highest BCUT2D eigenvalue weighted by atomic mass is 16.6. The minimum Gasteiger partial charge on any atom is -0.444 e. The van der Waals surface area contributed by atoms with Gasteiger partial charge in [0, 0.05) is 6.54 Å². The molecule has 1 fully saturated rings. The SMILES string of the molecule is CCC(O)C1CCCCN1C(=O)OC(C)(C)C. The summed E-state index contributed by atoms with van der Waals surface area (Å²) in [5, 5.41) is 9.95. The number of carbonyl (C=O) groups is 1. The fourth-order valence-electron chi connectivity index (χ4n) is 2.18. The monoisotopic (exact) mass is 243 g/mol. The van der Waals surface area contributed by atoms with Crippen molar-refractivity contribution >= 4 is 6.09 Å². The molecule has 2 unspecified atom stereocenters. The van der Waals surface area contributed by atoms with Gasteiger partial charge in [-0.25, -0.2) is 4.79 Å². The predicted molar refractivity (Wildman–Crippen MR) is 66.9 cm³/mol. The molecule has 4 nitrogen and oxygen atoms in total. The summed E-state index contributed by atoms with van der Waals surface area (Å²) in [5.74, 6) is 0. The largest absolute Gasteiger partial charge is 0.444 e. The lowest BCUT2D eigenvalue weighted by Crippen LogP contribution is -2.51. The molecule has 0 aliphatic carbocycles. The number of rotatable bonds is 2. The smallest absolute Gasteiger partial charge is 0.410 e. The molecule has 0 saturated carbocycles. The Bertz CT molecular complexity index is 260. The quantitative estimate of drug-likeness (QED) is 0.811. The lowest BCUT2D eigenvalue weighted by atomic mass is 9.96. The highest BCUT2D eigenvalue weighted by molar-refractivity contribution is 5.68. The number of piperidine rings is 1. The molecule has 0 bridgehead atoms. The van der Waals surface area contributed by atoms with E-state index in [1.165, 1.54) is 0 Å². The van der Waals surface area contributed by atoms with Crippen molar-refractivity contribution in [2.75, 3.05) is 6.54 Å². The van der Waals surface area contributed by atoms with Crippen molar-refractivity contribution in [1.82, 2.24) is 4.90 Å². The van der Waals surface area contributed by atoms with Crippen LogP contribution >= 0.6 is 0 Å². The first-order chi connectivity index (χ1) is 7.85. The van der Waals surface area contributed by atoms with Gasteiger partial charge in [0.15, 0.2) is 0 Å². The molecule has 1 rings (SSSR count). The molecule has 1 amide bonds. The maximum atomic E-state index is 12.0. The molecular formula is C13H25NO3. The molecule has 0 aromatic rings. The third kappa shape index (κ3) is 4.19. The van der Waals surface area contributed by atoms with Gasteiger partial charge in [0.25, 0.3) is 0 Å². The number of hydrogen-bond donors (Lipinski definition) is 1. The highest BCUT2D eigenvalue weighted by Gasteiger charge is 2.33. The Morgan fingerprint density at radius 1 is 1.47 bits per heavy atom. The van der Waals surface area contributed by atoms with Gasteiger partial charge >= 0.3 is 6.09 Å². The summed E-state index contributed by atoms with van der Waals surface area (Å²) in [6.45, 7) is 8.21. The molecule has 0 aromatic heterocycles. The molecule has 100 valence electrons. The van der Waals surface area contributed by atoms with E-state index in [-0.39, 0.29) is 12.1 Å². The van der Waals surface area contributed by atoms with Crippen LogP contribution in [0.4, 0.5) is 4.79 Å². The number of ether oxygens (including phenoxy) is 1. The molecule has 1 heterocycles. The van der Waals surface area contributed by atoms with Crippen LogP contribution in [0.5, 0.6) is 0 Å². The number of aliphatic hydroxyl groups is 1. The average molecular weight is 243 g/mol. The summed E-state index contributed by atoms with van der Waals surface area (Å²) in [6, 6.07) is -0.0800. The zero-order valence-electron chi connectivity index (χ0n) is 11.4. The zero-order chi connectivity index (χ0) is 13.1. The molecule has 17 heavy (non-hydrogen) atoms. The van der Waals surface area contributed by atoms with Gasteiger partial charge in [-0.05, 0) is 46.5 Å². The first-order valence-electron chi connectivity index (χ1n) is 6.53. The maximum absolute atomic E-state index is 12.0. The number of aliphatic hydroxyl groups excluding tert-OH is 1. The molecule has 2 atom stereocenters. The third-order valence-corrected chi connectivity index (χ3v) is 3.04. The minimum absolute atomic E-state index is 0.0800. The van der Waals surface area contributed by atoms with E-state index in [9.17, 15) is 9.90 Å². The maximum Gasteiger partial charge on any atom is 0.410 e. The van der Waals surface area contributed by atoms with Gasteiger partial charge in [0.1, 0.15) is 5.60 Å². The van der Waals surface area contributed by atoms with Crippen LogP contribution in [0, 0.1) is 0 Å². The second-order valence-corrected chi connectivity index (χ2v) is 5.71. The number of carbonyl (C=O) groups excluding carboxylic acids is 1. The van der Waals surface area contributed by atoms with Crippen LogP contribution < -0.4 is 0 Å². The number of likely N-dealkylation sites (tertiary alicyclic amines) is 1. The van der Waals surface area contributed by atoms with Crippen LogP contribution in [0.2, 0.25) is 0 Å². The zero-order valence-corrected chi connectivity index (χ0v) is 11.4. The van der Waals surface area contributed by atoms with Gasteiger partial charge in [-0.3, -0.25) is 0 Å². The summed E-state index contributed by atoms with van der Waals surface area (Å²) < 4.78 is 5.38. The average Bonchev–Trinajstić information content (AvgIpc) is 2.25. The highest BCUT2D eigenvalue weighted by Crippen LogP contribution is 2.23. The first kappa shape index (κ1) is 14.3. The first-order valence-corrected chi connectivity index (χ1v) is 6.53. The van der Waals surface area contributed by atoms with Crippen molar-refractivity contribution in [2.45, 2.75) is 71.1 Å². The van der Waals surface area contributed by atoms with E-state index in [0.717, 1.165) is 19.3 Å². The summed E-state index contributed by atoms with van der Waals surface area (Å²) in [5.41, 5.74) is -0.476. The number of hydrogen-bond acceptors (Lipinski definition) is 3. The Morgan fingerprint density at radius 3 is 2.65 bits per heavy atom. The van der Waals surface area contributed by atoms with Crippen molar-refractivity contribution < 1.29 is 14.6 Å².